The van der Waals surface area contributed by atoms with E-state index in [1.807, 2.05) is 0 Å². The molecule has 0 aliphatic heterocycles. The van der Waals surface area contributed by atoms with Crippen LogP contribution in [0.5, 0.6) is 0 Å². The van der Waals surface area contributed by atoms with Crippen LogP contribution in [-0.2, 0) is 4.74 Å². The van der Waals surface area contributed by atoms with Crippen LogP contribution in [0.25, 0.3) is 0 Å². The summed E-state index contributed by atoms with van der Waals surface area (Å²) in [5.74, 6) is 1.70. The molecular formula is C17H37NO. The first-order valence-electron chi connectivity index (χ1n) is 8.36. The zero-order valence-corrected chi connectivity index (χ0v) is 14.1. The topological polar surface area (TPSA) is 12.5 Å². The second kappa shape index (κ2) is 12.9. The number of nitrogens with zero attached hydrogens (tertiary/aromatic N) is 1. The van der Waals surface area contributed by atoms with Crippen molar-refractivity contribution in [1.29, 1.82) is 0 Å². The Bertz CT molecular complexity index is 184. The summed E-state index contributed by atoms with van der Waals surface area (Å²) in [6.45, 7) is 13.5. The molecule has 0 aromatic carbocycles. The molecule has 0 aromatic rings. The van der Waals surface area contributed by atoms with Crippen molar-refractivity contribution >= 4 is 0 Å². The van der Waals surface area contributed by atoms with Crippen LogP contribution in [0.4, 0.5) is 0 Å². The van der Waals surface area contributed by atoms with Crippen molar-refractivity contribution in [2.24, 2.45) is 11.8 Å². The molecular weight excluding hydrogens is 234 g/mol. The fraction of sp³-hybridized carbons (Fsp3) is 1.00. The van der Waals surface area contributed by atoms with E-state index in [0.29, 0.717) is 0 Å². The minimum Gasteiger partial charge on any atom is -0.381 e. The maximum Gasteiger partial charge on any atom is 0.0468 e. The van der Waals surface area contributed by atoms with Crippen molar-refractivity contribution in [3.63, 3.8) is 0 Å². The van der Waals surface area contributed by atoms with Crippen LogP contribution >= 0.6 is 0 Å². The van der Waals surface area contributed by atoms with Crippen LogP contribution in [0.3, 0.4) is 0 Å². The Kier molecular flexibility index (Phi) is 12.9. The monoisotopic (exact) mass is 271 g/mol. The lowest BCUT2D eigenvalue weighted by atomic mass is 9.93. The fourth-order valence-corrected chi connectivity index (χ4v) is 2.26. The van der Waals surface area contributed by atoms with Gasteiger partial charge in [0.2, 0.25) is 0 Å². The summed E-state index contributed by atoms with van der Waals surface area (Å²) in [5.41, 5.74) is 0. The molecule has 0 heterocycles. The second-order valence-electron chi connectivity index (χ2n) is 6.23. The first kappa shape index (κ1) is 18.9. The third-order valence-electron chi connectivity index (χ3n) is 4.03. The minimum atomic E-state index is 0.817. The van der Waals surface area contributed by atoms with Crippen LogP contribution in [0.15, 0.2) is 0 Å². The van der Waals surface area contributed by atoms with Gasteiger partial charge in [-0.15, -0.1) is 0 Å². The zero-order chi connectivity index (χ0) is 14.5. The molecule has 0 aliphatic carbocycles. The lowest BCUT2D eigenvalue weighted by Gasteiger charge is -2.18. The molecule has 2 heteroatoms. The molecule has 0 saturated heterocycles. The molecule has 0 radical (unpaired) electrons. The molecule has 0 N–H and O–H groups in total. The molecule has 0 rings (SSSR count). The van der Waals surface area contributed by atoms with Crippen molar-refractivity contribution in [3.8, 4) is 0 Å². The summed E-state index contributed by atoms with van der Waals surface area (Å²) >= 11 is 0. The third-order valence-corrected chi connectivity index (χ3v) is 4.03. The summed E-state index contributed by atoms with van der Waals surface area (Å²) < 4.78 is 5.56. The van der Waals surface area contributed by atoms with Gasteiger partial charge in [0, 0.05) is 13.2 Å². The molecule has 2 atom stereocenters. The predicted octanol–water partition coefficient (Wildman–Crippen LogP) is 4.59. The van der Waals surface area contributed by atoms with Gasteiger partial charge in [-0.1, -0.05) is 40.5 Å². The molecule has 116 valence electrons. The second-order valence-corrected chi connectivity index (χ2v) is 6.23. The predicted molar refractivity (Wildman–Crippen MR) is 85.7 cm³/mol. The van der Waals surface area contributed by atoms with Gasteiger partial charge >= 0.3 is 0 Å². The molecule has 2 unspecified atom stereocenters. The Labute approximate surface area is 121 Å². The van der Waals surface area contributed by atoms with Gasteiger partial charge in [0.05, 0.1) is 0 Å². The normalized spacial score (nSPS) is 14.8. The van der Waals surface area contributed by atoms with Gasteiger partial charge < -0.3 is 9.64 Å². The Morgan fingerprint density at radius 2 is 1.53 bits per heavy atom. The first-order valence-corrected chi connectivity index (χ1v) is 8.36. The van der Waals surface area contributed by atoms with E-state index < -0.39 is 0 Å². The Morgan fingerprint density at radius 3 is 2.11 bits per heavy atom. The van der Waals surface area contributed by atoms with Crippen LogP contribution in [0.2, 0.25) is 0 Å². The summed E-state index contributed by atoms with van der Waals surface area (Å²) in [6.07, 6.45) is 7.83. The highest BCUT2D eigenvalue weighted by Gasteiger charge is 2.07. The van der Waals surface area contributed by atoms with Gasteiger partial charge in [0.15, 0.2) is 0 Å². The zero-order valence-electron chi connectivity index (χ0n) is 14.1. The van der Waals surface area contributed by atoms with Crippen molar-refractivity contribution in [2.45, 2.75) is 66.2 Å². The van der Waals surface area contributed by atoms with Crippen molar-refractivity contribution in [1.82, 2.24) is 4.90 Å². The Balaban J connectivity index is 3.42. The molecule has 0 aromatic heterocycles. The van der Waals surface area contributed by atoms with Crippen LogP contribution in [-0.4, -0.2) is 38.3 Å². The summed E-state index contributed by atoms with van der Waals surface area (Å²) in [4.78, 5) is 2.40. The average molecular weight is 271 g/mol. The molecule has 0 bridgehead atoms. The molecule has 0 amide bonds. The molecule has 0 spiro atoms. The van der Waals surface area contributed by atoms with E-state index in [4.69, 9.17) is 4.74 Å². The molecule has 2 nitrogen and oxygen atoms in total. The van der Waals surface area contributed by atoms with Crippen LogP contribution in [0.1, 0.15) is 66.2 Å². The van der Waals surface area contributed by atoms with Crippen molar-refractivity contribution in [2.75, 3.05) is 33.4 Å². The number of hydrogen-bond donors (Lipinski definition) is 0. The van der Waals surface area contributed by atoms with Gasteiger partial charge in [-0.3, -0.25) is 0 Å². The lowest BCUT2D eigenvalue weighted by Crippen LogP contribution is -2.19. The summed E-state index contributed by atoms with van der Waals surface area (Å²) in [5, 5.41) is 0. The Hall–Kier alpha value is -0.0800. The summed E-state index contributed by atoms with van der Waals surface area (Å²) in [6, 6.07) is 0. The lowest BCUT2D eigenvalue weighted by molar-refractivity contribution is 0.120. The van der Waals surface area contributed by atoms with E-state index in [2.05, 4.69) is 39.6 Å². The molecule has 0 saturated carbocycles. The van der Waals surface area contributed by atoms with E-state index >= 15 is 0 Å². The number of ether oxygens (including phenoxy) is 1. The van der Waals surface area contributed by atoms with Crippen molar-refractivity contribution < 1.29 is 4.74 Å². The minimum absolute atomic E-state index is 0.817. The van der Waals surface area contributed by atoms with Crippen LogP contribution in [0, 0.1) is 11.8 Å². The average Bonchev–Trinajstić information content (AvgIpc) is 2.41. The highest BCUT2D eigenvalue weighted by molar-refractivity contribution is 4.60. The van der Waals surface area contributed by atoms with Gasteiger partial charge in [0.1, 0.15) is 0 Å². The Morgan fingerprint density at radius 1 is 0.895 bits per heavy atom. The van der Waals surface area contributed by atoms with Gasteiger partial charge in [-0.25, -0.2) is 0 Å². The van der Waals surface area contributed by atoms with Crippen LogP contribution < -0.4 is 0 Å². The van der Waals surface area contributed by atoms with Gasteiger partial charge in [0.25, 0.3) is 0 Å². The van der Waals surface area contributed by atoms with E-state index in [1.165, 1.54) is 45.2 Å². The van der Waals surface area contributed by atoms with E-state index in [0.717, 1.165) is 31.5 Å². The summed E-state index contributed by atoms with van der Waals surface area (Å²) in [7, 11) is 2.21. The van der Waals surface area contributed by atoms with E-state index in [-0.39, 0.29) is 0 Å². The number of rotatable bonds is 13. The third kappa shape index (κ3) is 12.7. The van der Waals surface area contributed by atoms with E-state index in [9.17, 15) is 0 Å². The smallest absolute Gasteiger partial charge is 0.0468 e. The number of hydrogen-bond acceptors (Lipinski definition) is 2. The van der Waals surface area contributed by atoms with Gasteiger partial charge in [-0.05, 0) is 57.7 Å². The fourth-order valence-electron chi connectivity index (χ4n) is 2.26. The van der Waals surface area contributed by atoms with Crippen molar-refractivity contribution in [3.05, 3.63) is 0 Å². The highest BCUT2D eigenvalue weighted by Crippen LogP contribution is 2.18. The SMILES string of the molecule is CCCOCCC(C)CCC(C)CCCN(C)CC. The van der Waals surface area contributed by atoms with Gasteiger partial charge in [-0.2, -0.15) is 0 Å². The maximum atomic E-state index is 5.56. The maximum absolute atomic E-state index is 5.56. The van der Waals surface area contributed by atoms with E-state index in [1.54, 1.807) is 0 Å². The molecule has 19 heavy (non-hydrogen) atoms. The largest absolute Gasteiger partial charge is 0.381 e. The molecule has 0 aliphatic rings. The quantitative estimate of drug-likeness (QED) is 0.454. The standard InChI is InChI=1S/C17H37NO/c1-6-14-19-15-12-17(4)11-10-16(3)9-8-13-18(5)7-2/h16-17H,6-15H2,1-5H3. The first-order chi connectivity index (χ1) is 9.10. The molecule has 0 fully saturated rings. The highest BCUT2D eigenvalue weighted by atomic mass is 16.5.